The van der Waals surface area contributed by atoms with Crippen molar-refractivity contribution in [2.75, 3.05) is 0 Å². The molecule has 0 aliphatic heterocycles. The summed E-state index contributed by atoms with van der Waals surface area (Å²) in [6.07, 6.45) is 0. The Morgan fingerprint density at radius 1 is 0.341 bits per heavy atom. The summed E-state index contributed by atoms with van der Waals surface area (Å²) in [5, 5.41) is 4.96. The smallest absolute Gasteiger partial charge is 0.165 e. The Balaban J connectivity index is 1.28. The van der Waals surface area contributed by atoms with Crippen molar-refractivity contribution in [3.8, 4) is 45.3 Å². The van der Waals surface area contributed by atoms with Crippen LogP contribution in [0.2, 0.25) is 0 Å². The Morgan fingerprint density at radius 3 is 1.55 bits per heavy atom. The highest BCUT2D eigenvalue weighted by Gasteiger charge is 2.19. The van der Waals surface area contributed by atoms with Crippen LogP contribution in [0.5, 0.6) is 0 Å². The van der Waals surface area contributed by atoms with Crippen LogP contribution >= 0.6 is 22.7 Å². The standard InChI is InChI=1S/C39H23N3S2/c1-3-11-24(12-4-1)26-21-22-28-30-17-10-19-32(36(30)44-34(28)23-26)39-41-37(25-13-5-2-6-14-25)40-38(42-39)31-18-9-16-29-27-15-7-8-20-33(27)43-35(29)31/h1-23H. The lowest BCUT2D eigenvalue weighted by molar-refractivity contribution is 1.08. The largest absolute Gasteiger partial charge is 0.208 e. The van der Waals surface area contributed by atoms with Gasteiger partial charge in [0.1, 0.15) is 0 Å². The van der Waals surface area contributed by atoms with Gasteiger partial charge in [-0.05, 0) is 35.4 Å². The predicted molar refractivity (Wildman–Crippen MR) is 187 cm³/mol. The molecule has 9 aromatic rings. The number of rotatable bonds is 4. The highest BCUT2D eigenvalue weighted by Crippen LogP contribution is 2.42. The van der Waals surface area contributed by atoms with Crippen molar-refractivity contribution in [2.24, 2.45) is 0 Å². The zero-order valence-electron chi connectivity index (χ0n) is 23.4. The average Bonchev–Trinajstić information content (AvgIpc) is 3.67. The minimum Gasteiger partial charge on any atom is -0.208 e. The first-order valence-electron chi connectivity index (χ1n) is 14.5. The summed E-state index contributed by atoms with van der Waals surface area (Å²) >= 11 is 3.60. The molecule has 0 amide bonds. The molecule has 3 heterocycles. The van der Waals surface area contributed by atoms with E-state index in [4.69, 9.17) is 15.0 Å². The third-order valence-electron chi connectivity index (χ3n) is 8.16. The van der Waals surface area contributed by atoms with Gasteiger partial charge in [0.15, 0.2) is 17.5 Å². The number of fused-ring (bicyclic) bond motifs is 6. The van der Waals surface area contributed by atoms with E-state index >= 15 is 0 Å². The lowest BCUT2D eigenvalue weighted by Crippen LogP contribution is -2.00. The molecular formula is C39H23N3S2. The van der Waals surface area contributed by atoms with E-state index in [-0.39, 0.29) is 0 Å². The molecule has 0 aliphatic carbocycles. The van der Waals surface area contributed by atoms with E-state index in [2.05, 4.69) is 121 Å². The summed E-state index contributed by atoms with van der Waals surface area (Å²) < 4.78 is 4.89. The highest BCUT2D eigenvalue weighted by molar-refractivity contribution is 7.26. The second-order valence-electron chi connectivity index (χ2n) is 10.8. The topological polar surface area (TPSA) is 38.7 Å². The lowest BCUT2D eigenvalue weighted by Gasteiger charge is -2.09. The fraction of sp³-hybridized carbons (Fsp3) is 0. The first-order chi connectivity index (χ1) is 21.8. The molecule has 3 aromatic heterocycles. The Kier molecular flexibility index (Phi) is 5.86. The van der Waals surface area contributed by atoms with E-state index in [1.807, 2.05) is 18.2 Å². The van der Waals surface area contributed by atoms with Crippen LogP contribution in [-0.4, -0.2) is 15.0 Å². The molecule has 0 unspecified atom stereocenters. The van der Waals surface area contributed by atoms with Crippen LogP contribution < -0.4 is 0 Å². The van der Waals surface area contributed by atoms with Gasteiger partial charge in [-0.15, -0.1) is 22.7 Å². The molecule has 6 aromatic carbocycles. The number of nitrogens with zero attached hydrogens (tertiary/aromatic N) is 3. The van der Waals surface area contributed by atoms with Crippen molar-refractivity contribution in [3.63, 3.8) is 0 Å². The molecule has 0 fully saturated rings. The number of hydrogen-bond donors (Lipinski definition) is 0. The number of aromatic nitrogens is 3. The lowest BCUT2D eigenvalue weighted by atomic mass is 10.0. The minimum absolute atomic E-state index is 0.674. The van der Waals surface area contributed by atoms with E-state index in [9.17, 15) is 0 Å². The van der Waals surface area contributed by atoms with Crippen molar-refractivity contribution in [3.05, 3.63) is 140 Å². The van der Waals surface area contributed by atoms with Gasteiger partial charge in [-0.3, -0.25) is 0 Å². The number of benzene rings is 6. The van der Waals surface area contributed by atoms with Crippen LogP contribution in [0.3, 0.4) is 0 Å². The Hall–Kier alpha value is -5.23. The van der Waals surface area contributed by atoms with Gasteiger partial charge in [-0.25, -0.2) is 15.0 Å². The monoisotopic (exact) mass is 597 g/mol. The van der Waals surface area contributed by atoms with E-state index in [0.717, 1.165) is 16.7 Å². The Morgan fingerprint density at radius 2 is 0.864 bits per heavy atom. The molecule has 9 rings (SSSR count). The molecule has 0 radical (unpaired) electrons. The molecular weight excluding hydrogens is 575 g/mol. The van der Waals surface area contributed by atoms with E-state index in [1.165, 1.54) is 51.5 Å². The Labute approximate surface area is 261 Å². The van der Waals surface area contributed by atoms with Gasteiger partial charge in [0.05, 0.1) is 0 Å². The predicted octanol–water partition coefficient (Wildman–Crippen LogP) is 11.3. The summed E-state index contributed by atoms with van der Waals surface area (Å²) in [5.74, 6) is 2.05. The molecule has 0 saturated heterocycles. The number of hydrogen-bond acceptors (Lipinski definition) is 5. The van der Waals surface area contributed by atoms with Crippen LogP contribution in [0.15, 0.2) is 140 Å². The SMILES string of the molecule is c1ccc(-c2ccc3c(c2)sc2c(-c4nc(-c5ccccc5)nc(-c5cccc6c5sc5ccccc56)n4)cccc23)cc1. The molecule has 206 valence electrons. The van der Waals surface area contributed by atoms with E-state index in [1.54, 1.807) is 22.7 Å². The fourth-order valence-electron chi connectivity index (χ4n) is 6.04. The molecule has 3 nitrogen and oxygen atoms in total. The molecule has 0 N–H and O–H groups in total. The Bertz CT molecular complexity index is 2500. The normalized spacial score (nSPS) is 11.6. The van der Waals surface area contributed by atoms with Crippen LogP contribution in [0.1, 0.15) is 0 Å². The van der Waals surface area contributed by atoms with E-state index < -0.39 is 0 Å². The third-order valence-corrected chi connectivity index (χ3v) is 10.6. The second kappa shape index (κ2) is 10.2. The van der Waals surface area contributed by atoms with Crippen molar-refractivity contribution >= 4 is 63.0 Å². The quantitative estimate of drug-likeness (QED) is 0.203. The first-order valence-corrected chi connectivity index (χ1v) is 16.2. The van der Waals surface area contributed by atoms with Gasteiger partial charge >= 0.3 is 0 Å². The zero-order chi connectivity index (χ0) is 29.0. The van der Waals surface area contributed by atoms with Gasteiger partial charge in [-0.2, -0.15) is 0 Å². The maximum absolute atomic E-state index is 5.20. The summed E-state index contributed by atoms with van der Waals surface area (Å²) in [6, 6.07) is 49.0. The maximum atomic E-state index is 5.20. The van der Waals surface area contributed by atoms with Gasteiger partial charge < -0.3 is 0 Å². The second-order valence-corrected chi connectivity index (χ2v) is 12.9. The van der Waals surface area contributed by atoms with Gasteiger partial charge in [-0.1, -0.05) is 115 Å². The van der Waals surface area contributed by atoms with Gasteiger partial charge in [0.2, 0.25) is 0 Å². The molecule has 0 spiro atoms. The summed E-state index contributed by atoms with van der Waals surface area (Å²) in [6.45, 7) is 0. The van der Waals surface area contributed by atoms with Crippen LogP contribution in [0, 0.1) is 0 Å². The third kappa shape index (κ3) is 4.13. The van der Waals surface area contributed by atoms with Crippen LogP contribution in [0.4, 0.5) is 0 Å². The molecule has 0 atom stereocenters. The van der Waals surface area contributed by atoms with Crippen LogP contribution in [0.25, 0.3) is 85.6 Å². The van der Waals surface area contributed by atoms with Crippen molar-refractivity contribution in [1.82, 2.24) is 15.0 Å². The first kappa shape index (κ1) is 25.3. The average molecular weight is 598 g/mol. The molecule has 44 heavy (non-hydrogen) atoms. The van der Waals surface area contributed by atoms with Gasteiger partial charge in [0, 0.05) is 57.0 Å². The maximum Gasteiger partial charge on any atom is 0.165 e. The fourth-order valence-corrected chi connectivity index (χ4v) is 8.50. The molecule has 0 aliphatic rings. The van der Waals surface area contributed by atoms with E-state index in [0.29, 0.717) is 17.5 Å². The minimum atomic E-state index is 0.674. The number of thiophene rings is 2. The zero-order valence-corrected chi connectivity index (χ0v) is 25.1. The molecule has 0 bridgehead atoms. The van der Waals surface area contributed by atoms with Crippen molar-refractivity contribution < 1.29 is 0 Å². The van der Waals surface area contributed by atoms with Crippen molar-refractivity contribution in [2.45, 2.75) is 0 Å². The molecule has 0 saturated carbocycles. The van der Waals surface area contributed by atoms with Gasteiger partial charge in [0.25, 0.3) is 0 Å². The summed E-state index contributed by atoms with van der Waals surface area (Å²) in [4.78, 5) is 15.4. The molecule has 5 heteroatoms. The summed E-state index contributed by atoms with van der Waals surface area (Å²) in [5.41, 5.74) is 5.46. The van der Waals surface area contributed by atoms with Crippen LogP contribution in [-0.2, 0) is 0 Å². The highest BCUT2D eigenvalue weighted by atomic mass is 32.1. The van der Waals surface area contributed by atoms with Crippen molar-refractivity contribution in [1.29, 1.82) is 0 Å². The summed E-state index contributed by atoms with van der Waals surface area (Å²) in [7, 11) is 0.